The number of aliphatic hydroxyl groups excluding tert-OH is 1. The molecule has 1 saturated heterocycles. The van der Waals surface area contributed by atoms with Crippen LogP contribution in [0.15, 0.2) is 24.3 Å². The highest BCUT2D eigenvalue weighted by Gasteiger charge is 2.30. The number of carbonyl (C=O) groups excluding carboxylic acids is 1. The molecule has 2 aliphatic rings. The predicted molar refractivity (Wildman–Crippen MR) is 89.6 cm³/mol. The lowest BCUT2D eigenvalue weighted by Crippen LogP contribution is -2.52. The van der Waals surface area contributed by atoms with Crippen LogP contribution in [0.25, 0.3) is 0 Å². The summed E-state index contributed by atoms with van der Waals surface area (Å²) in [6.07, 6.45) is 6.27. The van der Waals surface area contributed by atoms with Crippen molar-refractivity contribution in [1.82, 2.24) is 4.90 Å². The summed E-state index contributed by atoms with van der Waals surface area (Å²) in [5, 5.41) is 9.27. The molecule has 4 heteroatoms. The van der Waals surface area contributed by atoms with Crippen molar-refractivity contribution in [3.8, 4) is 0 Å². The zero-order chi connectivity index (χ0) is 16.2. The number of hydrogen-bond acceptors (Lipinski definition) is 3. The normalized spacial score (nSPS) is 26.3. The van der Waals surface area contributed by atoms with E-state index >= 15 is 0 Å². The largest absolute Gasteiger partial charge is 0.394 e. The molecule has 23 heavy (non-hydrogen) atoms. The van der Waals surface area contributed by atoms with Gasteiger partial charge in [-0.1, -0.05) is 31.4 Å². The van der Waals surface area contributed by atoms with Crippen molar-refractivity contribution in [1.29, 1.82) is 0 Å². The first-order chi connectivity index (χ1) is 11.2. The van der Waals surface area contributed by atoms with Gasteiger partial charge in [-0.25, -0.2) is 0 Å². The van der Waals surface area contributed by atoms with Crippen LogP contribution in [0.4, 0.5) is 0 Å². The maximum Gasteiger partial charge on any atom is 0.254 e. The SMILES string of the molecule is CC1COC(CO)CN1C(=O)c1ccc(C2CCCCC2)cc1. The highest BCUT2D eigenvalue weighted by Crippen LogP contribution is 2.32. The summed E-state index contributed by atoms with van der Waals surface area (Å²) in [5.41, 5.74) is 2.10. The zero-order valence-corrected chi connectivity index (χ0v) is 13.9. The van der Waals surface area contributed by atoms with Gasteiger partial charge in [0.05, 0.1) is 25.4 Å². The van der Waals surface area contributed by atoms with Crippen LogP contribution in [0.3, 0.4) is 0 Å². The van der Waals surface area contributed by atoms with E-state index in [1.165, 1.54) is 37.7 Å². The van der Waals surface area contributed by atoms with Crippen LogP contribution >= 0.6 is 0 Å². The summed E-state index contributed by atoms with van der Waals surface area (Å²) >= 11 is 0. The number of aliphatic hydroxyl groups is 1. The zero-order valence-electron chi connectivity index (χ0n) is 13.9. The lowest BCUT2D eigenvalue weighted by atomic mass is 9.84. The van der Waals surface area contributed by atoms with Crippen molar-refractivity contribution in [3.63, 3.8) is 0 Å². The Balaban J connectivity index is 1.69. The molecule has 1 aromatic rings. The second kappa shape index (κ2) is 7.45. The van der Waals surface area contributed by atoms with Crippen molar-refractivity contribution in [2.75, 3.05) is 19.8 Å². The number of ether oxygens (including phenoxy) is 1. The average Bonchev–Trinajstić information content (AvgIpc) is 2.62. The second-order valence-electron chi connectivity index (χ2n) is 6.90. The summed E-state index contributed by atoms with van der Waals surface area (Å²) in [5.74, 6) is 0.698. The molecule has 2 atom stereocenters. The van der Waals surface area contributed by atoms with Gasteiger partial charge < -0.3 is 14.7 Å². The molecule has 126 valence electrons. The number of benzene rings is 1. The average molecular weight is 317 g/mol. The molecule has 0 bridgehead atoms. The summed E-state index contributed by atoms with van der Waals surface area (Å²) in [6, 6.07) is 8.21. The maximum atomic E-state index is 12.7. The van der Waals surface area contributed by atoms with Crippen molar-refractivity contribution in [2.45, 2.75) is 57.1 Å². The van der Waals surface area contributed by atoms with Crippen molar-refractivity contribution >= 4 is 5.91 Å². The van der Waals surface area contributed by atoms with Crippen molar-refractivity contribution < 1.29 is 14.6 Å². The Morgan fingerprint density at radius 1 is 1.22 bits per heavy atom. The van der Waals surface area contributed by atoms with Gasteiger partial charge >= 0.3 is 0 Å². The minimum absolute atomic E-state index is 0.0365. The molecule has 1 saturated carbocycles. The van der Waals surface area contributed by atoms with Gasteiger partial charge in [-0.3, -0.25) is 4.79 Å². The van der Waals surface area contributed by atoms with E-state index in [2.05, 4.69) is 12.1 Å². The molecule has 1 aliphatic heterocycles. The topological polar surface area (TPSA) is 49.8 Å². The lowest BCUT2D eigenvalue weighted by Gasteiger charge is -2.37. The number of nitrogens with zero attached hydrogens (tertiary/aromatic N) is 1. The van der Waals surface area contributed by atoms with E-state index in [9.17, 15) is 9.90 Å². The molecule has 1 N–H and O–H groups in total. The van der Waals surface area contributed by atoms with Gasteiger partial charge in [0.2, 0.25) is 0 Å². The third-order valence-electron chi connectivity index (χ3n) is 5.20. The smallest absolute Gasteiger partial charge is 0.254 e. The Kier molecular flexibility index (Phi) is 5.34. The Morgan fingerprint density at radius 3 is 2.57 bits per heavy atom. The first kappa shape index (κ1) is 16.5. The fraction of sp³-hybridized carbons (Fsp3) is 0.632. The molecule has 2 unspecified atom stereocenters. The number of morpholine rings is 1. The Hall–Kier alpha value is -1.39. The molecule has 1 heterocycles. The Bertz CT molecular complexity index is 522. The highest BCUT2D eigenvalue weighted by molar-refractivity contribution is 5.94. The summed E-state index contributed by atoms with van der Waals surface area (Å²) in [4.78, 5) is 14.6. The molecular formula is C19H27NO3. The quantitative estimate of drug-likeness (QED) is 0.932. The molecule has 1 aliphatic carbocycles. The van der Waals surface area contributed by atoms with Gasteiger partial charge in [-0.15, -0.1) is 0 Å². The third kappa shape index (κ3) is 3.75. The number of amides is 1. The van der Waals surface area contributed by atoms with Crippen LogP contribution in [0.5, 0.6) is 0 Å². The van der Waals surface area contributed by atoms with Gasteiger partial charge in [-0.05, 0) is 43.4 Å². The van der Waals surface area contributed by atoms with Crippen molar-refractivity contribution in [2.24, 2.45) is 0 Å². The molecule has 2 fully saturated rings. The van der Waals surface area contributed by atoms with Gasteiger partial charge in [0.1, 0.15) is 0 Å². The van der Waals surface area contributed by atoms with E-state index in [4.69, 9.17) is 4.74 Å². The molecule has 0 aromatic heterocycles. The van der Waals surface area contributed by atoms with Gasteiger partial charge in [-0.2, -0.15) is 0 Å². The van der Waals surface area contributed by atoms with Crippen LogP contribution in [-0.4, -0.2) is 47.8 Å². The molecule has 1 amide bonds. The fourth-order valence-corrected chi connectivity index (χ4v) is 3.71. The molecular weight excluding hydrogens is 290 g/mol. The standard InChI is InChI=1S/C19H27NO3/c1-14-13-23-18(12-21)11-20(14)19(22)17-9-7-16(8-10-17)15-5-3-2-4-6-15/h7-10,14-15,18,21H,2-6,11-13H2,1H3. The van der Waals surface area contributed by atoms with Gasteiger partial charge in [0.15, 0.2) is 0 Å². The molecule has 0 spiro atoms. The molecule has 0 radical (unpaired) electrons. The highest BCUT2D eigenvalue weighted by atomic mass is 16.5. The monoisotopic (exact) mass is 317 g/mol. The van der Waals surface area contributed by atoms with E-state index in [1.807, 2.05) is 24.0 Å². The first-order valence-corrected chi connectivity index (χ1v) is 8.82. The lowest BCUT2D eigenvalue weighted by molar-refractivity contribution is -0.0667. The minimum atomic E-state index is -0.267. The fourth-order valence-electron chi connectivity index (χ4n) is 3.71. The maximum absolute atomic E-state index is 12.7. The molecule has 1 aromatic carbocycles. The predicted octanol–water partition coefficient (Wildman–Crippen LogP) is 2.96. The van der Waals surface area contributed by atoms with Crippen LogP contribution in [0, 0.1) is 0 Å². The summed E-state index contributed by atoms with van der Waals surface area (Å²) in [7, 11) is 0. The molecule has 3 rings (SSSR count). The van der Waals surface area contributed by atoms with E-state index in [1.54, 1.807) is 0 Å². The summed E-state index contributed by atoms with van der Waals surface area (Å²) < 4.78 is 5.51. The second-order valence-corrected chi connectivity index (χ2v) is 6.90. The Morgan fingerprint density at radius 2 is 1.91 bits per heavy atom. The number of hydrogen-bond donors (Lipinski definition) is 1. The third-order valence-corrected chi connectivity index (χ3v) is 5.20. The minimum Gasteiger partial charge on any atom is -0.394 e. The number of carbonyl (C=O) groups is 1. The Labute approximate surface area is 138 Å². The van der Waals surface area contributed by atoms with Crippen molar-refractivity contribution in [3.05, 3.63) is 35.4 Å². The van der Waals surface area contributed by atoms with E-state index < -0.39 is 0 Å². The van der Waals surface area contributed by atoms with Crippen LogP contribution in [0.1, 0.15) is 60.9 Å². The van der Waals surface area contributed by atoms with E-state index in [0.717, 1.165) is 5.56 Å². The van der Waals surface area contributed by atoms with Gasteiger partial charge in [0, 0.05) is 12.1 Å². The first-order valence-electron chi connectivity index (χ1n) is 8.82. The van der Waals surface area contributed by atoms with Crippen LogP contribution in [-0.2, 0) is 4.74 Å². The molecule has 4 nitrogen and oxygen atoms in total. The summed E-state index contributed by atoms with van der Waals surface area (Å²) in [6.45, 7) is 2.89. The van der Waals surface area contributed by atoms with E-state index in [0.29, 0.717) is 19.1 Å². The van der Waals surface area contributed by atoms with Gasteiger partial charge in [0.25, 0.3) is 5.91 Å². The number of rotatable bonds is 3. The van der Waals surface area contributed by atoms with Crippen LogP contribution in [0.2, 0.25) is 0 Å². The van der Waals surface area contributed by atoms with E-state index in [-0.39, 0.29) is 24.7 Å². The van der Waals surface area contributed by atoms with Crippen LogP contribution < -0.4 is 0 Å².